The van der Waals surface area contributed by atoms with Crippen LogP contribution in [0.25, 0.3) is 11.0 Å². The molecule has 7 heteroatoms. The van der Waals surface area contributed by atoms with E-state index in [4.69, 9.17) is 11.1 Å². The maximum Gasteiger partial charge on any atom is 0.238 e. The summed E-state index contributed by atoms with van der Waals surface area (Å²) in [6, 6.07) is 5.54. The minimum atomic E-state index is -0.0836. The molecule has 1 saturated heterocycles. The molecule has 1 aromatic heterocycles. The lowest BCUT2D eigenvalue weighted by atomic mass is 10.1. The molecule has 0 aliphatic carbocycles. The second-order valence-corrected chi connectivity index (χ2v) is 5.58. The molecule has 1 aliphatic rings. The number of nitrogens with two attached hydrogens (primary N) is 1. The Morgan fingerprint density at radius 1 is 1.52 bits per heavy atom. The maximum absolute atomic E-state index is 10.3. The number of para-hydroxylation sites is 1. The van der Waals surface area contributed by atoms with Crippen LogP contribution in [0, 0.1) is 5.41 Å². The molecule has 2 heterocycles. The van der Waals surface area contributed by atoms with Gasteiger partial charge in [-0.2, -0.15) is 0 Å². The minimum absolute atomic E-state index is 0.0836. The number of piperidine rings is 1. The highest BCUT2D eigenvalue weighted by atomic mass is 16.5. The molecule has 5 N–H and O–H groups in total. The van der Waals surface area contributed by atoms with Crippen LogP contribution >= 0.6 is 0 Å². The Hall–Kier alpha value is -2.28. The van der Waals surface area contributed by atoms with Crippen LogP contribution in [-0.2, 0) is 0 Å². The molecule has 112 valence electrons. The predicted octanol–water partition coefficient (Wildman–Crippen LogP) is 1.06. The predicted molar refractivity (Wildman–Crippen MR) is 82.1 cm³/mol. The van der Waals surface area contributed by atoms with Gasteiger partial charge in [-0.3, -0.25) is 5.41 Å². The number of nitrogen functional groups attached to an aromatic ring is 1. The zero-order chi connectivity index (χ0) is 15.0. The van der Waals surface area contributed by atoms with E-state index in [0.29, 0.717) is 22.5 Å². The van der Waals surface area contributed by atoms with Gasteiger partial charge < -0.3 is 21.2 Å². The first-order chi connectivity index (χ1) is 10.1. The summed E-state index contributed by atoms with van der Waals surface area (Å²) in [6.45, 7) is 2.02. The van der Waals surface area contributed by atoms with Crippen LogP contribution in [0.3, 0.4) is 0 Å². The van der Waals surface area contributed by atoms with Gasteiger partial charge in [-0.05, 0) is 38.6 Å². The van der Waals surface area contributed by atoms with Crippen molar-refractivity contribution in [1.82, 2.24) is 14.6 Å². The van der Waals surface area contributed by atoms with E-state index < -0.39 is 0 Å². The fourth-order valence-corrected chi connectivity index (χ4v) is 2.89. The van der Waals surface area contributed by atoms with E-state index in [1.807, 2.05) is 0 Å². The average Bonchev–Trinajstić information content (AvgIpc) is 2.75. The Labute approximate surface area is 122 Å². The third-order valence-electron chi connectivity index (χ3n) is 3.90. The van der Waals surface area contributed by atoms with Crippen molar-refractivity contribution in [3.05, 3.63) is 23.8 Å². The Balaban J connectivity index is 1.94. The van der Waals surface area contributed by atoms with Gasteiger partial charge in [-0.1, -0.05) is 6.07 Å². The summed E-state index contributed by atoms with van der Waals surface area (Å²) in [7, 11) is 2.09. The first-order valence-electron chi connectivity index (χ1n) is 7.06. The number of hydrogen-bond acceptors (Lipinski definition) is 5. The Morgan fingerprint density at radius 3 is 3.05 bits per heavy atom. The topological polar surface area (TPSA) is 103 Å². The molecule has 1 fully saturated rings. The fraction of sp³-hybridized carbons (Fsp3) is 0.429. The smallest absolute Gasteiger partial charge is 0.238 e. The van der Waals surface area contributed by atoms with E-state index in [-0.39, 0.29) is 11.9 Å². The number of anilines is 1. The molecule has 3 rings (SSSR count). The number of nitrogens with zero attached hydrogens (tertiary/aromatic N) is 3. The van der Waals surface area contributed by atoms with Crippen LogP contribution in [0.2, 0.25) is 0 Å². The molecule has 0 amide bonds. The number of imidazole rings is 1. The summed E-state index contributed by atoms with van der Waals surface area (Å²) in [5.74, 6) is 0.318. The van der Waals surface area contributed by atoms with E-state index in [0.717, 1.165) is 30.7 Å². The van der Waals surface area contributed by atoms with E-state index in [1.54, 1.807) is 18.2 Å². The first-order valence-corrected chi connectivity index (χ1v) is 7.06. The normalized spacial score (nSPS) is 19.8. The summed E-state index contributed by atoms with van der Waals surface area (Å²) in [4.78, 5) is 6.66. The SMILES string of the molecule is CN1CCCC(Nc2nc3cccc(C(=N)N)c3n2O)C1. The minimum Gasteiger partial charge on any atom is -0.425 e. The lowest BCUT2D eigenvalue weighted by Crippen LogP contribution is -2.40. The summed E-state index contributed by atoms with van der Waals surface area (Å²) in [5, 5.41) is 21.2. The van der Waals surface area contributed by atoms with Gasteiger partial charge in [-0.25, -0.2) is 4.98 Å². The lowest BCUT2D eigenvalue weighted by molar-refractivity contribution is 0.200. The molecule has 0 bridgehead atoms. The lowest BCUT2D eigenvalue weighted by Gasteiger charge is -2.30. The van der Waals surface area contributed by atoms with Gasteiger partial charge in [0.2, 0.25) is 5.95 Å². The number of nitrogens with one attached hydrogen (secondary N) is 2. The maximum atomic E-state index is 10.3. The fourth-order valence-electron chi connectivity index (χ4n) is 2.89. The molecular weight excluding hydrogens is 268 g/mol. The third-order valence-corrected chi connectivity index (χ3v) is 3.90. The summed E-state index contributed by atoms with van der Waals surface area (Å²) in [5.41, 5.74) is 7.14. The van der Waals surface area contributed by atoms with Gasteiger partial charge in [0.05, 0.1) is 5.52 Å². The van der Waals surface area contributed by atoms with Gasteiger partial charge in [0.15, 0.2) is 0 Å². The molecule has 1 unspecified atom stereocenters. The molecule has 0 radical (unpaired) electrons. The second kappa shape index (κ2) is 5.25. The van der Waals surface area contributed by atoms with Crippen LogP contribution in [0.4, 0.5) is 5.95 Å². The molecule has 2 aromatic rings. The van der Waals surface area contributed by atoms with Crippen LogP contribution in [0.5, 0.6) is 0 Å². The number of likely N-dealkylation sites (N-methyl/N-ethyl adjacent to an activating group) is 1. The highest BCUT2D eigenvalue weighted by Gasteiger charge is 2.21. The van der Waals surface area contributed by atoms with Crippen molar-refractivity contribution in [2.24, 2.45) is 5.73 Å². The third kappa shape index (κ3) is 2.52. The van der Waals surface area contributed by atoms with Crippen LogP contribution in [-0.4, -0.2) is 51.8 Å². The first kappa shape index (κ1) is 13.7. The number of rotatable bonds is 3. The van der Waals surface area contributed by atoms with Crippen LogP contribution in [0.1, 0.15) is 18.4 Å². The number of benzene rings is 1. The van der Waals surface area contributed by atoms with Crippen molar-refractivity contribution >= 4 is 22.8 Å². The Bertz CT molecular complexity index is 679. The molecule has 0 spiro atoms. The summed E-state index contributed by atoms with van der Waals surface area (Å²) < 4.78 is 1.00. The standard InChI is InChI=1S/C14H20N6O/c1-19-7-3-4-9(8-19)17-14-18-11-6-2-5-10(13(15)16)12(11)20(14)21/h2,5-6,9,21H,3-4,7-8H2,1H3,(H3,15,16)(H,17,18). The van der Waals surface area contributed by atoms with Gasteiger partial charge in [-0.15, -0.1) is 4.73 Å². The molecule has 1 atom stereocenters. The largest absolute Gasteiger partial charge is 0.425 e. The molecule has 1 aromatic carbocycles. The quantitative estimate of drug-likeness (QED) is 0.384. The monoisotopic (exact) mass is 288 g/mol. The van der Waals surface area contributed by atoms with E-state index in [1.165, 1.54) is 0 Å². The summed E-state index contributed by atoms with van der Waals surface area (Å²) >= 11 is 0. The van der Waals surface area contributed by atoms with Gasteiger partial charge in [0.1, 0.15) is 11.4 Å². The molecule has 0 saturated carbocycles. The van der Waals surface area contributed by atoms with Crippen molar-refractivity contribution in [2.45, 2.75) is 18.9 Å². The van der Waals surface area contributed by atoms with Crippen LogP contribution < -0.4 is 11.1 Å². The number of fused-ring (bicyclic) bond motifs is 1. The van der Waals surface area contributed by atoms with Crippen LogP contribution in [0.15, 0.2) is 18.2 Å². The van der Waals surface area contributed by atoms with E-state index in [9.17, 15) is 5.21 Å². The van der Waals surface area contributed by atoms with Gasteiger partial charge in [0, 0.05) is 18.2 Å². The van der Waals surface area contributed by atoms with E-state index >= 15 is 0 Å². The van der Waals surface area contributed by atoms with Gasteiger partial charge in [0.25, 0.3) is 0 Å². The summed E-state index contributed by atoms with van der Waals surface area (Å²) in [6.07, 6.45) is 2.17. The Kier molecular flexibility index (Phi) is 3.42. The highest BCUT2D eigenvalue weighted by Crippen LogP contribution is 2.23. The number of likely N-dealkylation sites (tertiary alicyclic amines) is 1. The number of hydrogen-bond donors (Lipinski definition) is 4. The Morgan fingerprint density at radius 2 is 2.33 bits per heavy atom. The molecule has 21 heavy (non-hydrogen) atoms. The average molecular weight is 288 g/mol. The van der Waals surface area contributed by atoms with E-state index in [2.05, 4.69) is 22.2 Å². The second-order valence-electron chi connectivity index (χ2n) is 5.58. The molecule has 1 aliphatic heterocycles. The van der Waals surface area contributed by atoms with Crippen molar-refractivity contribution in [1.29, 1.82) is 5.41 Å². The van der Waals surface area contributed by atoms with Crippen molar-refractivity contribution in [3.63, 3.8) is 0 Å². The number of aromatic nitrogens is 2. The van der Waals surface area contributed by atoms with Gasteiger partial charge >= 0.3 is 0 Å². The van der Waals surface area contributed by atoms with Crippen molar-refractivity contribution in [2.75, 3.05) is 25.5 Å². The zero-order valence-corrected chi connectivity index (χ0v) is 12.0. The number of amidine groups is 1. The zero-order valence-electron chi connectivity index (χ0n) is 12.0. The highest BCUT2D eigenvalue weighted by molar-refractivity contribution is 6.06. The van der Waals surface area contributed by atoms with Crippen molar-refractivity contribution in [3.8, 4) is 0 Å². The molecule has 7 nitrogen and oxygen atoms in total. The molecular formula is C14H20N6O. The van der Waals surface area contributed by atoms with Crippen molar-refractivity contribution < 1.29 is 5.21 Å².